The van der Waals surface area contributed by atoms with Gasteiger partial charge in [0.15, 0.2) is 5.16 Å². The number of carbonyl (C=O) groups excluding carboxylic acids is 1. The van der Waals surface area contributed by atoms with Crippen LogP contribution in [-0.2, 0) is 4.79 Å². The monoisotopic (exact) mass is 425 g/mol. The molecule has 0 atom stereocenters. The fourth-order valence-electron chi connectivity index (χ4n) is 2.72. The van der Waals surface area contributed by atoms with Gasteiger partial charge >= 0.3 is 0 Å². The number of thioether (sulfide) groups is 1. The Balaban J connectivity index is 1.78. The van der Waals surface area contributed by atoms with Crippen molar-refractivity contribution in [3.05, 3.63) is 70.0 Å². The summed E-state index contributed by atoms with van der Waals surface area (Å²) >= 11 is 1.08. The summed E-state index contributed by atoms with van der Waals surface area (Å²) in [5, 5.41) is 13.1. The highest BCUT2D eigenvalue weighted by atomic mass is 32.2. The van der Waals surface area contributed by atoms with Gasteiger partial charge in [-0.1, -0.05) is 29.5 Å². The van der Waals surface area contributed by atoms with E-state index in [-0.39, 0.29) is 33.8 Å². The second-order valence-corrected chi connectivity index (χ2v) is 7.56. The van der Waals surface area contributed by atoms with Crippen molar-refractivity contribution in [2.75, 3.05) is 17.7 Å². The minimum Gasteiger partial charge on any atom is -0.494 e. The molecule has 0 aliphatic rings. The Morgan fingerprint density at radius 2 is 1.80 bits per heavy atom. The second-order valence-electron chi connectivity index (χ2n) is 6.61. The molecule has 1 aromatic heterocycles. The third-order valence-corrected chi connectivity index (χ3v) is 5.26. The second kappa shape index (κ2) is 9.49. The molecule has 2 aromatic carbocycles. The first-order valence-electron chi connectivity index (χ1n) is 9.44. The quantitative estimate of drug-likeness (QED) is 0.443. The summed E-state index contributed by atoms with van der Waals surface area (Å²) in [6.45, 7) is 5.94. The Labute approximate surface area is 178 Å². The molecule has 0 unspecified atom stereocenters. The largest absolute Gasteiger partial charge is 0.494 e. The zero-order valence-corrected chi connectivity index (χ0v) is 17.8. The van der Waals surface area contributed by atoms with Gasteiger partial charge in [0, 0.05) is 5.69 Å². The fourth-order valence-corrected chi connectivity index (χ4v) is 3.52. The number of aryl methyl sites for hydroxylation is 1. The van der Waals surface area contributed by atoms with E-state index in [9.17, 15) is 14.7 Å². The molecular formula is C22H23N3O4S. The van der Waals surface area contributed by atoms with Crippen molar-refractivity contribution in [2.24, 2.45) is 0 Å². The number of carbonyl (C=O) groups is 1. The van der Waals surface area contributed by atoms with Crippen molar-refractivity contribution in [3.63, 3.8) is 0 Å². The Hall–Kier alpha value is -3.26. The lowest BCUT2D eigenvalue weighted by Crippen LogP contribution is -2.24. The lowest BCUT2D eigenvalue weighted by atomic mass is 10.2. The smallest absolute Gasteiger partial charge is 0.265 e. The number of hydrogen-bond donors (Lipinski definition) is 2. The first-order chi connectivity index (χ1) is 14.4. The molecule has 0 spiro atoms. The maximum Gasteiger partial charge on any atom is 0.265 e. The van der Waals surface area contributed by atoms with E-state index >= 15 is 0 Å². The van der Waals surface area contributed by atoms with Crippen LogP contribution in [0.2, 0.25) is 0 Å². The molecule has 0 radical (unpaired) electrons. The van der Waals surface area contributed by atoms with E-state index < -0.39 is 0 Å². The predicted molar refractivity (Wildman–Crippen MR) is 118 cm³/mol. The van der Waals surface area contributed by atoms with E-state index in [1.807, 2.05) is 26.0 Å². The van der Waals surface area contributed by atoms with Gasteiger partial charge in [0.2, 0.25) is 11.8 Å². The number of aromatic nitrogens is 2. The van der Waals surface area contributed by atoms with Crippen molar-refractivity contribution >= 4 is 23.4 Å². The average molecular weight is 426 g/mol. The highest BCUT2D eigenvalue weighted by Gasteiger charge is 2.16. The van der Waals surface area contributed by atoms with E-state index in [0.717, 1.165) is 23.1 Å². The molecule has 0 saturated carbocycles. The van der Waals surface area contributed by atoms with E-state index in [2.05, 4.69) is 10.3 Å². The van der Waals surface area contributed by atoms with Gasteiger partial charge in [0.05, 0.1) is 23.6 Å². The molecule has 2 N–H and O–H groups in total. The van der Waals surface area contributed by atoms with Crippen LogP contribution in [0.3, 0.4) is 0 Å². The molecule has 1 heterocycles. The van der Waals surface area contributed by atoms with Gasteiger partial charge in [0.1, 0.15) is 5.75 Å². The van der Waals surface area contributed by atoms with E-state index in [1.165, 1.54) is 11.5 Å². The van der Waals surface area contributed by atoms with Gasteiger partial charge in [-0.2, -0.15) is 4.98 Å². The standard InChI is InChI=1S/C22H23N3O4S/c1-4-29-18-11-7-16(8-12-18)23-19(26)13-30-22-24-20(27)15(3)21(28)25(22)17-9-5-14(2)6-10-17/h5-12,27H,4,13H2,1-3H3,(H,23,26). The van der Waals surface area contributed by atoms with E-state index in [1.54, 1.807) is 36.4 Å². The van der Waals surface area contributed by atoms with Crippen molar-refractivity contribution in [1.29, 1.82) is 0 Å². The van der Waals surface area contributed by atoms with Gasteiger partial charge in [-0.15, -0.1) is 0 Å². The summed E-state index contributed by atoms with van der Waals surface area (Å²) in [4.78, 5) is 29.3. The third kappa shape index (κ3) is 5.01. The number of benzene rings is 2. The Bertz CT molecular complexity index is 1090. The number of aromatic hydroxyl groups is 1. The summed E-state index contributed by atoms with van der Waals surface area (Å²) in [6, 6.07) is 14.4. The van der Waals surface area contributed by atoms with Crippen molar-refractivity contribution in [3.8, 4) is 17.3 Å². The summed E-state index contributed by atoms with van der Waals surface area (Å²) in [5.41, 5.74) is 2.09. The average Bonchev–Trinajstić information content (AvgIpc) is 2.73. The van der Waals surface area contributed by atoms with E-state index in [0.29, 0.717) is 18.0 Å². The number of nitrogens with one attached hydrogen (secondary N) is 1. The lowest BCUT2D eigenvalue weighted by Gasteiger charge is -2.13. The molecule has 156 valence electrons. The summed E-state index contributed by atoms with van der Waals surface area (Å²) < 4.78 is 6.79. The van der Waals surface area contributed by atoms with Crippen molar-refractivity contribution < 1.29 is 14.6 Å². The summed E-state index contributed by atoms with van der Waals surface area (Å²) in [6.07, 6.45) is 0. The van der Waals surface area contributed by atoms with Gasteiger partial charge in [-0.05, 0) is 57.2 Å². The first-order valence-corrected chi connectivity index (χ1v) is 10.4. The normalized spacial score (nSPS) is 10.6. The van der Waals surface area contributed by atoms with Crippen LogP contribution in [0.15, 0.2) is 58.5 Å². The van der Waals surface area contributed by atoms with E-state index in [4.69, 9.17) is 4.74 Å². The SMILES string of the molecule is CCOc1ccc(NC(=O)CSc2nc(O)c(C)c(=O)n2-c2ccc(C)cc2)cc1. The molecule has 0 saturated heterocycles. The lowest BCUT2D eigenvalue weighted by molar-refractivity contribution is -0.113. The van der Waals surface area contributed by atoms with Gasteiger partial charge in [0.25, 0.3) is 5.56 Å². The molecule has 0 fully saturated rings. The number of anilines is 1. The van der Waals surface area contributed by atoms with Gasteiger partial charge < -0.3 is 15.2 Å². The number of rotatable bonds is 7. The molecule has 0 aliphatic carbocycles. The van der Waals surface area contributed by atoms with Crippen LogP contribution >= 0.6 is 11.8 Å². The molecular weight excluding hydrogens is 402 g/mol. The number of nitrogens with zero attached hydrogens (tertiary/aromatic N) is 2. The Kier molecular flexibility index (Phi) is 6.79. The highest BCUT2D eigenvalue weighted by molar-refractivity contribution is 7.99. The summed E-state index contributed by atoms with van der Waals surface area (Å²) in [7, 11) is 0. The van der Waals surface area contributed by atoms with Gasteiger partial charge in [-0.25, -0.2) is 0 Å². The third-order valence-electron chi connectivity index (χ3n) is 4.33. The number of ether oxygens (including phenoxy) is 1. The van der Waals surface area contributed by atoms with Crippen LogP contribution in [0.4, 0.5) is 5.69 Å². The zero-order chi connectivity index (χ0) is 21.7. The minimum atomic E-state index is -0.374. The Morgan fingerprint density at radius 1 is 1.13 bits per heavy atom. The van der Waals surface area contributed by atoms with Crippen LogP contribution < -0.4 is 15.6 Å². The topological polar surface area (TPSA) is 93.5 Å². The zero-order valence-electron chi connectivity index (χ0n) is 17.0. The maximum atomic E-state index is 12.8. The van der Waals surface area contributed by atoms with Crippen molar-refractivity contribution in [1.82, 2.24) is 9.55 Å². The minimum absolute atomic E-state index is 0.0218. The number of hydrogen-bond acceptors (Lipinski definition) is 6. The molecule has 30 heavy (non-hydrogen) atoms. The van der Waals surface area contributed by atoms with Crippen molar-refractivity contribution in [2.45, 2.75) is 25.9 Å². The van der Waals surface area contributed by atoms with Crippen LogP contribution in [0.5, 0.6) is 11.6 Å². The molecule has 0 aliphatic heterocycles. The molecule has 3 rings (SSSR count). The highest BCUT2D eigenvalue weighted by Crippen LogP contribution is 2.23. The molecule has 8 heteroatoms. The van der Waals surface area contributed by atoms with Gasteiger partial charge in [-0.3, -0.25) is 14.2 Å². The van der Waals surface area contributed by atoms with Crippen LogP contribution in [0.1, 0.15) is 18.1 Å². The fraction of sp³-hybridized carbons (Fsp3) is 0.227. The summed E-state index contributed by atoms with van der Waals surface area (Å²) in [5.74, 6) is 0.159. The number of amides is 1. The van der Waals surface area contributed by atoms with Crippen LogP contribution in [0.25, 0.3) is 5.69 Å². The molecule has 0 bridgehead atoms. The maximum absolute atomic E-state index is 12.8. The Morgan fingerprint density at radius 3 is 2.43 bits per heavy atom. The molecule has 3 aromatic rings. The van der Waals surface area contributed by atoms with Crippen LogP contribution in [0, 0.1) is 13.8 Å². The first kappa shape index (κ1) is 21.4. The predicted octanol–water partition coefficient (Wildman–Crippen LogP) is 3.68. The molecule has 7 nitrogen and oxygen atoms in total. The van der Waals surface area contributed by atoms with Crippen LogP contribution in [-0.4, -0.2) is 32.9 Å². The molecule has 1 amide bonds.